The van der Waals surface area contributed by atoms with Gasteiger partial charge >= 0.3 is 0 Å². The molecular formula is C22H25ClFN3O2. The summed E-state index contributed by atoms with van der Waals surface area (Å²) in [4.78, 5) is 16.6. The Morgan fingerprint density at radius 2 is 1.76 bits per heavy atom. The van der Waals surface area contributed by atoms with Crippen molar-refractivity contribution >= 4 is 17.5 Å². The van der Waals surface area contributed by atoms with Crippen LogP contribution in [-0.2, 0) is 0 Å². The van der Waals surface area contributed by atoms with E-state index in [9.17, 15) is 14.3 Å². The number of piperazine rings is 1. The van der Waals surface area contributed by atoms with Crippen LogP contribution in [0.25, 0.3) is 11.1 Å². The highest BCUT2D eigenvalue weighted by Crippen LogP contribution is 2.34. The van der Waals surface area contributed by atoms with Crippen LogP contribution in [-0.4, -0.2) is 58.8 Å². The third-order valence-corrected chi connectivity index (χ3v) is 6.35. The van der Waals surface area contributed by atoms with Gasteiger partial charge in [0.1, 0.15) is 12.0 Å². The minimum Gasteiger partial charge on any atom is -0.376 e. The Balaban J connectivity index is 1.39. The van der Waals surface area contributed by atoms with E-state index in [-0.39, 0.29) is 11.7 Å². The molecule has 7 heteroatoms. The molecule has 4 rings (SSSR count). The first-order valence-corrected chi connectivity index (χ1v) is 10.3. The van der Waals surface area contributed by atoms with Gasteiger partial charge in [0.25, 0.3) is 5.91 Å². The normalized spacial score (nSPS) is 20.2. The molecular weight excluding hydrogens is 393 g/mol. The zero-order valence-corrected chi connectivity index (χ0v) is 16.9. The van der Waals surface area contributed by atoms with E-state index in [1.807, 2.05) is 4.90 Å². The van der Waals surface area contributed by atoms with E-state index >= 15 is 0 Å². The molecule has 0 aromatic heterocycles. The molecule has 5 nitrogen and oxygen atoms in total. The lowest BCUT2D eigenvalue weighted by atomic mass is 9.75. The molecule has 2 aromatic carbocycles. The maximum Gasteiger partial charge on any atom is 0.253 e. The topological polar surface area (TPSA) is 69.8 Å². The average molecular weight is 418 g/mol. The molecule has 1 aliphatic heterocycles. The number of aliphatic hydroxyl groups is 1. The van der Waals surface area contributed by atoms with Gasteiger partial charge in [0.05, 0.1) is 5.54 Å². The van der Waals surface area contributed by atoms with E-state index in [0.29, 0.717) is 47.9 Å². The number of rotatable bonds is 4. The van der Waals surface area contributed by atoms with Crippen molar-refractivity contribution in [2.75, 3.05) is 26.2 Å². The van der Waals surface area contributed by atoms with Crippen molar-refractivity contribution in [2.45, 2.75) is 31.0 Å². The second-order valence-corrected chi connectivity index (χ2v) is 8.43. The number of nitrogens with two attached hydrogens (primary N) is 1. The van der Waals surface area contributed by atoms with Gasteiger partial charge in [-0.05, 0) is 55.2 Å². The van der Waals surface area contributed by atoms with Crippen LogP contribution in [0.1, 0.15) is 29.6 Å². The molecule has 0 bridgehead atoms. The van der Waals surface area contributed by atoms with Crippen LogP contribution in [0.2, 0.25) is 5.02 Å². The van der Waals surface area contributed by atoms with Crippen molar-refractivity contribution in [1.29, 1.82) is 0 Å². The molecule has 0 radical (unpaired) electrons. The minimum absolute atomic E-state index is 0.0663. The number of benzene rings is 2. The fourth-order valence-corrected chi connectivity index (χ4v) is 4.24. The van der Waals surface area contributed by atoms with Crippen molar-refractivity contribution in [3.8, 4) is 11.1 Å². The summed E-state index contributed by atoms with van der Waals surface area (Å²) in [5.41, 5.74) is 7.37. The van der Waals surface area contributed by atoms with Gasteiger partial charge in [-0.2, -0.15) is 0 Å². The lowest BCUT2D eigenvalue weighted by molar-refractivity contribution is -0.0922. The summed E-state index contributed by atoms with van der Waals surface area (Å²) in [7, 11) is 0. The van der Waals surface area contributed by atoms with Gasteiger partial charge in [-0.3, -0.25) is 9.69 Å². The van der Waals surface area contributed by atoms with Gasteiger partial charge in [0.15, 0.2) is 0 Å². The van der Waals surface area contributed by atoms with Gasteiger partial charge in [-0.25, -0.2) is 4.39 Å². The zero-order chi connectivity index (χ0) is 20.6. The molecule has 1 atom stereocenters. The van der Waals surface area contributed by atoms with Crippen LogP contribution in [0, 0.1) is 5.82 Å². The number of carbonyl (C=O) groups is 1. The number of aliphatic hydroxyl groups excluding tert-OH is 1. The lowest BCUT2D eigenvalue weighted by Crippen LogP contribution is -2.65. The van der Waals surface area contributed by atoms with Crippen LogP contribution in [0.3, 0.4) is 0 Å². The second kappa shape index (κ2) is 8.03. The largest absolute Gasteiger partial charge is 0.376 e. The number of nitrogens with zero attached hydrogens (tertiary/aromatic N) is 2. The van der Waals surface area contributed by atoms with Crippen LogP contribution >= 0.6 is 11.6 Å². The predicted molar refractivity (Wildman–Crippen MR) is 111 cm³/mol. The Labute approximate surface area is 174 Å². The van der Waals surface area contributed by atoms with Gasteiger partial charge in [-0.15, -0.1) is 0 Å². The fourth-order valence-electron chi connectivity index (χ4n) is 4.07. The van der Waals surface area contributed by atoms with Crippen molar-refractivity contribution in [1.82, 2.24) is 9.80 Å². The second-order valence-electron chi connectivity index (χ2n) is 7.99. The molecule has 1 heterocycles. The number of hydrogen-bond donors (Lipinski definition) is 2. The third kappa shape index (κ3) is 4.03. The molecule has 3 N–H and O–H groups in total. The van der Waals surface area contributed by atoms with Crippen molar-refractivity contribution in [3.63, 3.8) is 0 Å². The molecule has 154 valence electrons. The molecule has 1 amide bonds. The molecule has 29 heavy (non-hydrogen) atoms. The highest BCUT2D eigenvalue weighted by molar-refractivity contribution is 6.30. The van der Waals surface area contributed by atoms with Gasteiger partial charge in [-0.1, -0.05) is 23.7 Å². The van der Waals surface area contributed by atoms with Gasteiger partial charge < -0.3 is 15.7 Å². The van der Waals surface area contributed by atoms with Crippen LogP contribution < -0.4 is 5.73 Å². The molecule has 1 saturated carbocycles. The number of hydrogen-bond acceptors (Lipinski definition) is 4. The Morgan fingerprint density at radius 3 is 2.34 bits per heavy atom. The third-order valence-electron chi connectivity index (χ3n) is 6.12. The molecule has 2 aliphatic rings. The van der Waals surface area contributed by atoms with Crippen LogP contribution in [0.15, 0.2) is 42.5 Å². The highest BCUT2D eigenvalue weighted by Gasteiger charge is 2.43. The molecule has 2 fully saturated rings. The highest BCUT2D eigenvalue weighted by atomic mass is 35.5. The summed E-state index contributed by atoms with van der Waals surface area (Å²) in [6, 6.07) is 11.3. The summed E-state index contributed by atoms with van der Waals surface area (Å²) in [6.45, 7) is 2.27. The fraction of sp³-hybridized carbons (Fsp3) is 0.409. The lowest BCUT2D eigenvalue weighted by Gasteiger charge is -2.48. The summed E-state index contributed by atoms with van der Waals surface area (Å²) in [6.07, 6.45) is 2.08. The maximum atomic E-state index is 14.1. The maximum absolute atomic E-state index is 14.1. The Kier molecular flexibility index (Phi) is 5.62. The van der Waals surface area contributed by atoms with E-state index < -0.39 is 11.8 Å². The molecule has 2 aromatic rings. The molecule has 1 unspecified atom stereocenters. The monoisotopic (exact) mass is 417 g/mol. The zero-order valence-electron chi connectivity index (χ0n) is 16.2. The first-order chi connectivity index (χ1) is 13.9. The Bertz CT molecular complexity index is 893. The molecule has 0 spiro atoms. The van der Waals surface area contributed by atoms with Crippen LogP contribution in [0.5, 0.6) is 0 Å². The first-order valence-electron chi connectivity index (χ1n) is 9.93. The molecule has 1 aliphatic carbocycles. The van der Waals surface area contributed by atoms with Gasteiger partial charge in [0.2, 0.25) is 0 Å². The van der Waals surface area contributed by atoms with Crippen molar-refractivity contribution in [2.24, 2.45) is 5.73 Å². The summed E-state index contributed by atoms with van der Waals surface area (Å²) >= 11 is 5.97. The summed E-state index contributed by atoms with van der Waals surface area (Å²) in [5, 5.41) is 11.0. The van der Waals surface area contributed by atoms with Gasteiger partial charge in [0, 0.05) is 42.3 Å². The smallest absolute Gasteiger partial charge is 0.253 e. The van der Waals surface area contributed by atoms with E-state index in [1.54, 1.807) is 35.2 Å². The summed E-state index contributed by atoms with van der Waals surface area (Å²) < 4.78 is 14.1. The first kappa shape index (κ1) is 20.3. The number of carbonyl (C=O) groups excluding carboxylic acids is 1. The van der Waals surface area contributed by atoms with E-state index in [1.165, 1.54) is 12.1 Å². The van der Waals surface area contributed by atoms with E-state index in [4.69, 9.17) is 17.3 Å². The SMILES string of the molecule is NC1(C(O)N2CCN(C(=O)c3ccc(-c4cc(Cl)ccc4F)cc3)CC2)CCC1. The number of amides is 1. The number of halogens is 2. The quantitative estimate of drug-likeness (QED) is 0.802. The van der Waals surface area contributed by atoms with E-state index in [2.05, 4.69) is 0 Å². The standard InChI is InChI=1S/C22H25ClFN3O2/c23-17-6-7-19(24)18(14-17)15-2-4-16(5-3-15)20(28)26-10-12-27(13-11-26)21(29)22(25)8-1-9-22/h2-7,14,21,29H,1,8-13,25H2. The Hall–Kier alpha value is -1.99. The average Bonchev–Trinajstić information content (AvgIpc) is 2.73. The van der Waals surface area contributed by atoms with Crippen molar-refractivity contribution < 1.29 is 14.3 Å². The summed E-state index contributed by atoms with van der Waals surface area (Å²) in [5.74, 6) is -0.421. The predicted octanol–water partition coefficient (Wildman–Crippen LogP) is 3.10. The van der Waals surface area contributed by atoms with Crippen LogP contribution in [0.4, 0.5) is 4.39 Å². The van der Waals surface area contributed by atoms with Crippen molar-refractivity contribution in [3.05, 3.63) is 58.9 Å². The van der Waals surface area contributed by atoms with E-state index in [0.717, 1.165) is 19.3 Å². The Morgan fingerprint density at radius 1 is 1.10 bits per heavy atom. The molecule has 1 saturated heterocycles. The minimum atomic E-state index is -0.652.